The second-order valence-electron chi connectivity index (χ2n) is 9.64. The molecule has 1 aliphatic heterocycles. The van der Waals surface area contributed by atoms with E-state index in [4.69, 9.17) is 9.84 Å². The van der Waals surface area contributed by atoms with Crippen LogP contribution in [0.4, 0.5) is 4.39 Å². The summed E-state index contributed by atoms with van der Waals surface area (Å²) in [4.78, 5) is 11.0. The Balaban J connectivity index is 1.53. The molecule has 2 aromatic rings. The fourth-order valence-electron chi connectivity index (χ4n) is 5.54. The lowest BCUT2D eigenvalue weighted by molar-refractivity contribution is -0.137. The summed E-state index contributed by atoms with van der Waals surface area (Å²) in [5, 5.41) is 8.83. The molecule has 2 unspecified atom stereocenters. The number of carboxylic acid groups (broad SMARTS) is 1. The molecule has 8 heteroatoms. The van der Waals surface area contributed by atoms with Crippen molar-refractivity contribution in [1.82, 2.24) is 4.72 Å². The number of unbranched alkanes of at least 4 members (excludes halogenated alkanes) is 1. The molecule has 6 nitrogen and oxygen atoms in total. The maximum absolute atomic E-state index is 13.6. The van der Waals surface area contributed by atoms with Crippen molar-refractivity contribution in [3.05, 3.63) is 77.6 Å². The average Bonchev–Trinajstić information content (AvgIpc) is 3.38. The highest BCUT2D eigenvalue weighted by atomic mass is 32.2. The van der Waals surface area contributed by atoms with Gasteiger partial charge in [-0.1, -0.05) is 42.0 Å². The third-order valence-corrected chi connectivity index (χ3v) is 8.84. The van der Waals surface area contributed by atoms with Gasteiger partial charge in [0.15, 0.2) is 0 Å². The van der Waals surface area contributed by atoms with Gasteiger partial charge in [0.1, 0.15) is 5.82 Å². The molecule has 1 saturated carbocycles. The van der Waals surface area contributed by atoms with Crippen LogP contribution in [0.5, 0.6) is 0 Å². The molecule has 1 saturated heterocycles. The van der Waals surface area contributed by atoms with Crippen LogP contribution >= 0.6 is 0 Å². The number of rotatable bonds is 11. The number of allylic oxidation sites excluding steroid dienone is 2. The van der Waals surface area contributed by atoms with E-state index in [0.717, 1.165) is 17.5 Å². The Kier molecular flexibility index (Phi) is 7.73. The van der Waals surface area contributed by atoms with Crippen molar-refractivity contribution in [1.29, 1.82) is 0 Å². The van der Waals surface area contributed by atoms with Gasteiger partial charge >= 0.3 is 5.97 Å². The topological polar surface area (TPSA) is 92.7 Å². The number of hydrogen-bond acceptors (Lipinski definition) is 4. The Morgan fingerprint density at radius 3 is 2.57 bits per heavy atom. The number of fused-ring (bicyclic) bond motifs is 2. The lowest BCUT2D eigenvalue weighted by atomic mass is 9.69. The lowest BCUT2D eigenvalue weighted by Crippen LogP contribution is -2.44. The normalized spacial score (nSPS) is 25.9. The van der Waals surface area contributed by atoms with Crippen LogP contribution in [0.1, 0.15) is 43.2 Å². The summed E-state index contributed by atoms with van der Waals surface area (Å²) in [6.07, 6.45) is 6.83. The van der Waals surface area contributed by atoms with E-state index in [9.17, 15) is 17.6 Å². The SMILES string of the molecule is Cc1ccc(S(=O)(=O)NC[C@@H]2C3CC(c4ccc(F)cc4)(CO3)[C@H]2C/C=C\CCCC(=O)O)cc1. The van der Waals surface area contributed by atoms with E-state index >= 15 is 0 Å². The van der Waals surface area contributed by atoms with Crippen molar-refractivity contribution in [3.63, 3.8) is 0 Å². The molecule has 2 fully saturated rings. The van der Waals surface area contributed by atoms with Gasteiger partial charge in [-0.05, 0) is 68.4 Å². The lowest BCUT2D eigenvalue weighted by Gasteiger charge is -2.39. The first-order valence-corrected chi connectivity index (χ1v) is 13.5. The van der Waals surface area contributed by atoms with Crippen LogP contribution in [0.15, 0.2) is 65.6 Å². The molecule has 0 radical (unpaired) electrons. The number of ether oxygens (including phenoxy) is 1. The van der Waals surface area contributed by atoms with Crippen molar-refractivity contribution in [2.75, 3.05) is 13.2 Å². The largest absolute Gasteiger partial charge is 0.481 e. The van der Waals surface area contributed by atoms with Gasteiger partial charge in [0, 0.05) is 24.3 Å². The fourth-order valence-corrected chi connectivity index (χ4v) is 6.62. The second kappa shape index (κ2) is 10.6. The van der Waals surface area contributed by atoms with Crippen molar-refractivity contribution in [3.8, 4) is 0 Å². The van der Waals surface area contributed by atoms with Crippen LogP contribution in [0, 0.1) is 24.6 Å². The van der Waals surface area contributed by atoms with Gasteiger partial charge in [0.2, 0.25) is 10.0 Å². The van der Waals surface area contributed by atoms with Gasteiger partial charge in [-0.25, -0.2) is 17.5 Å². The van der Waals surface area contributed by atoms with Crippen LogP contribution in [-0.2, 0) is 25.0 Å². The van der Waals surface area contributed by atoms with Gasteiger partial charge in [0.25, 0.3) is 0 Å². The molecule has 4 atom stereocenters. The Morgan fingerprint density at radius 2 is 1.89 bits per heavy atom. The van der Waals surface area contributed by atoms with Gasteiger partial charge in [-0.3, -0.25) is 4.79 Å². The first-order chi connectivity index (χ1) is 16.7. The highest BCUT2D eigenvalue weighted by molar-refractivity contribution is 7.89. The number of carboxylic acids is 1. The van der Waals surface area contributed by atoms with Gasteiger partial charge in [0.05, 0.1) is 17.6 Å². The number of aliphatic carboxylic acids is 1. The van der Waals surface area contributed by atoms with E-state index in [2.05, 4.69) is 10.8 Å². The number of benzene rings is 2. The quantitative estimate of drug-likeness (QED) is 0.347. The van der Waals surface area contributed by atoms with Crippen LogP contribution < -0.4 is 4.72 Å². The van der Waals surface area contributed by atoms with E-state index in [-0.39, 0.29) is 47.0 Å². The number of sulfonamides is 1. The zero-order chi connectivity index (χ0) is 25.1. The van der Waals surface area contributed by atoms with Crippen LogP contribution in [0.25, 0.3) is 0 Å². The average molecular weight is 502 g/mol. The van der Waals surface area contributed by atoms with Crippen LogP contribution in [0.2, 0.25) is 0 Å². The standard InChI is InChI=1S/C27H32FNO5S/c1-19-8-14-22(15-9-19)35(32,33)29-17-23-24(6-4-2-3-5-7-26(30)31)27(16-25(23)34-18-27)20-10-12-21(28)13-11-20/h2,4,8-15,23-25,29H,3,5-7,16-18H2,1H3,(H,30,31)/b4-2-/t23-,24-,25?,27?/m0/s1. The van der Waals surface area contributed by atoms with E-state index in [1.54, 1.807) is 24.3 Å². The van der Waals surface area contributed by atoms with Crippen molar-refractivity contribution < 1.29 is 27.4 Å². The fraction of sp³-hybridized carbons (Fsp3) is 0.444. The molecule has 0 aromatic heterocycles. The minimum atomic E-state index is -3.66. The van der Waals surface area contributed by atoms with Crippen molar-refractivity contribution in [2.45, 2.75) is 55.4 Å². The maximum Gasteiger partial charge on any atom is 0.303 e. The summed E-state index contributed by atoms with van der Waals surface area (Å²) in [7, 11) is -3.66. The number of hydrogen-bond donors (Lipinski definition) is 2. The molecule has 2 N–H and O–H groups in total. The first-order valence-electron chi connectivity index (χ1n) is 12.0. The van der Waals surface area contributed by atoms with Gasteiger partial charge < -0.3 is 9.84 Å². The zero-order valence-corrected chi connectivity index (χ0v) is 20.6. The highest BCUT2D eigenvalue weighted by Crippen LogP contribution is 2.56. The van der Waals surface area contributed by atoms with E-state index in [1.807, 2.05) is 25.1 Å². The summed E-state index contributed by atoms with van der Waals surface area (Å²) in [5.41, 5.74) is 1.68. The first kappa shape index (κ1) is 25.5. The maximum atomic E-state index is 13.6. The molecule has 2 aromatic carbocycles. The summed E-state index contributed by atoms with van der Waals surface area (Å²) in [6.45, 7) is 2.68. The minimum absolute atomic E-state index is 0.0438. The van der Waals surface area contributed by atoms with Crippen LogP contribution in [-0.4, -0.2) is 38.7 Å². The Hall–Kier alpha value is -2.55. The monoisotopic (exact) mass is 501 g/mol. The molecule has 35 heavy (non-hydrogen) atoms. The number of aryl methyl sites for hydroxylation is 1. The number of nitrogens with one attached hydrogen (secondary N) is 1. The second-order valence-corrected chi connectivity index (χ2v) is 11.4. The minimum Gasteiger partial charge on any atom is -0.481 e. The summed E-state index contributed by atoms with van der Waals surface area (Å²) in [5.74, 6) is -1.04. The number of halogens is 1. The van der Waals surface area contributed by atoms with E-state index < -0.39 is 16.0 Å². The number of carbonyl (C=O) groups is 1. The molecule has 0 amide bonds. The molecule has 1 heterocycles. The van der Waals surface area contributed by atoms with Crippen LogP contribution in [0.3, 0.4) is 0 Å². The predicted molar refractivity (Wildman–Crippen MR) is 131 cm³/mol. The molecular formula is C27H32FNO5S. The van der Waals surface area contributed by atoms with E-state index in [1.165, 1.54) is 12.1 Å². The summed E-state index contributed by atoms with van der Waals surface area (Å²) < 4.78 is 48.4. The third kappa shape index (κ3) is 5.66. The zero-order valence-electron chi connectivity index (χ0n) is 19.8. The molecule has 0 spiro atoms. The highest BCUT2D eigenvalue weighted by Gasteiger charge is 2.59. The molecule has 188 valence electrons. The third-order valence-electron chi connectivity index (χ3n) is 7.40. The smallest absolute Gasteiger partial charge is 0.303 e. The molecule has 4 rings (SSSR count). The van der Waals surface area contributed by atoms with Gasteiger partial charge in [-0.2, -0.15) is 0 Å². The molecular weight excluding hydrogens is 469 g/mol. The summed E-state index contributed by atoms with van der Waals surface area (Å²) in [6, 6.07) is 13.3. The Bertz CT molecular complexity index is 1160. The van der Waals surface area contributed by atoms with Gasteiger partial charge in [-0.15, -0.1) is 0 Å². The molecule has 2 bridgehead atoms. The van der Waals surface area contributed by atoms with Crippen molar-refractivity contribution >= 4 is 16.0 Å². The Morgan fingerprint density at radius 1 is 1.17 bits per heavy atom. The Labute approximate surface area is 206 Å². The van der Waals surface area contributed by atoms with Crippen molar-refractivity contribution in [2.24, 2.45) is 11.8 Å². The predicted octanol–water partition coefficient (Wildman–Crippen LogP) is 4.59. The summed E-state index contributed by atoms with van der Waals surface area (Å²) >= 11 is 0. The molecule has 1 aliphatic carbocycles. The van der Waals surface area contributed by atoms with E-state index in [0.29, 0.717) is 25.9 Å². The molecule has 2 aliphatic rings.